The van der Waals surface area contributed by atoms with Gasteiger partial charge in [-0.1, -0.05) is 23.2 Å². The number of rotatable bonds is 5. The molecule has 1 aliphatic heterocycles. The third-order valence-electron chi connectivity index (χ3n) is 6.41. The Kier molecular flexibility index (Phi) is 7.86. The van der Waals surface area contributed by atoms with Crippen molar-refractivity contribution in [3.8, 4) is 0 Å². The molecule has 1 atom stereocenters. The fourth-order valence-electron chi connectivity index (χ4n) is 4.45. The van der Waals surface area contributed by atoms with E-state index in [1.165, 1.54) is 12.1 Å². The topological polar surface area (TPSA) is 113 Å². The predicted molar refractivity (Wildman–Crippen MR) is 130 cm³/mol. The van der Waals surface area contributed by atoms with E-state index in [0.29, 0.717) is 31.7 Å². The van der Waals surface area contributed by atoms with E-state index in [2.05, 4.69) is 5.32 Å². The minimum atomic E-state index is -4.30. The van der Waals surface area contributed by atoms with Gasteiger partial charge in [-0.25, -0.2) is 17.2 Å². The summed E-state index contributed by atoms with van der Waals surface area (Å²) in [5.74, 6) is -3.89. The molecule has 0 aromatic heterocycles. The minimum Gasteiger partial charge on any atom is -0.350 e. The van der Waals surface area contributed by atoms with Crippen LogP contribution in [0.4, 0.5) is 8.78 Å². The summed E-state index contributed by atoms with van der Waals surface area (Å²) < 4.78 is 55.2. The van der Waals surface area contributed by atoms with Crippen LogP contribution in [0.5, 0.6) is 0 Å². The van der Waals surface area contributed by atoms with Gasteiger partial charge in [0.25, 0.3) is 11.8 Å². The van der Waals surface area contributed by atoms with Gasteiger partial charge in [0.05, 0.1) is 14.9 Å². The molecule has 1 heterocycles. The highest BCUT2D eigenvalue weighted by Crippen LogP contribution is 2.31. The fourth-order valence-corrected chi connectivity index (χ4v) is 6.38. The van der Waals surface area contributed by atoms with Gasteiger partial charge in [-0.15, -0.1) is 0 Å². The first-order chi connectivity index (χ1) is 17.0. The zero-order chi connectivity index (χ0) is 26.2. The highest BCUT2D eigenvalue weighted by Gasteiger charge is 2.47. The number of hydrogen-bond donors (Lipinski definition) is 2. The van der Waals surface area contributed by atoms with Crippen LogP contribution in [-0.4, -0.2) is 60.8 Å². The van der Waals surface area contributed by atoms with E-state index < -0.39 is 39.6 Å². The summed E-state index contributed by atoms with van der Waals surface area (Å²) in [5, 5.41) is 2.99. The van der Waals surface area contributed by atoms with Crippen molar-refractivity contribution in [1.82, 2.24) is 14.5 Å². The van der Waals surface area contributed by atoms with Crippen molar-refractivity contribution in [3.63, 3.8) is 0 Å². The maximum absolute atomic E-state index is 13.8. The third-order valence-corrected chi connectivity index (χ3v) is 9.00. The molecular weight excluding hydrogens is 537 g/mol. The van der Waals surface area contributed by atoms with Crippen molar-refractivity contribution in [2.24, 2.45) is 5.73 Å². The molecule has 4 rings (SSSR count). The van der Waals surface area contributed by atoms with E-state index in [1.807, 2.05) is 0 Å². The number of hydrogen-bond acceptors (Lipinski definition) is 5. The molecule has 0 radical (unpaired) electrons. The van der Waals surface area contributed by atoms with Crippen LogP contribution in [0.15, 0.2) is 41.3 Å². The zero-order valence-corrected chi connectivity index (χ0v) is 21.3. The van der Waals surface area contributed by atoms with Crippen molar-refractivity contribution >= 4 is 45.0 Å². The minimum absolute atomic E-state index is 0.00574. The maximum Gasteiger partial charge on any atom is 0.259 e. The second-order valence-corrected chi connectivity index (χ2v) is 11.5. The molecule has 2 aromatic rings. The number of halogens is 4. The Morgan fingerprint density at radius 2 is 1.64 bits per heavy atom. The SMILES string of the molecule is NC1CCC(NC(=O)C2N(C(=O)c3ccc(F)c(F)c3)CCN2S(=O)(=O)c2ccc(Cl)c(Cl)c2)CC1. The number of nitrogens with zero attached hydrogens (tertiary/aromatic N) is 2. The maximum atomic E-state index is 13.8. The van der Waals surface area contributed by atoms with Crippen LogP contribution in [-0.2, 0) is 14.8 Å². The van der Waals surface area contributed by atoms with Gasteiger partial charge in [-0.05, 0) is 62.1 Å². The second kappa shape index (κ2) is 10.6. The quantitative estimate of drug-likeness (QED) is 0.583. The Labute approximate surface area is 217 Å². The molecule has 1 aliphatic carbocycles. The Morgan fingerprint density at radius 1 is 0.944 bits per heavy atom. The number of nitrogens with two attached hydrogens (primary N) is 1. The Morgan fingerprint density at radius 3 is 2.28 bits per heavy atom. The molecule has 194 valence electrons. The third kappa shape index (κ3) is 5.35. The van der Waals surface area contributed by atoms with Gasteiger partial charge >= 0.3 is 0 Å². The number of sulfonamides is 1. The molecule has 3 N–H and O–H groups in total. The average molecular weight is 561 g/mol. The van der Waals surface area contributed by atoms with Gasteiger partial charge in [0, 0.05) is 30.7 Å². The van der Waals surface area contributed by atoms with Crippen molar-refractivity contribution in [2.75, 3.05) is 13.1 Å². The highest BCUT2D eigenvalue weighted by molar-refractivity contribution is 7.89. The van der Waals surface area contributed by atoms with Gasteiger partial charge < -0.3 is 16.0 Å². The molecule has 8 nitrogen and oxygen atoms in total. The number of carbonyl (C=O) groups is 2. The Balaban J connectivity index is 1.68. The molecule has 1 saturated carbocycles. The lowest BCUT2D eigenvalue weighted by Crippen LogP contribution is -2.56. The first kappa shape index (κ1) is 26.7. The number of benzene rings is 2. The normalized spacial score (nSPS) is 23.0. The molecule has 2 amide bonds. The number of amides is 2. The molecule has 2 aliphatic rings. The van der Waals surface area contributed by atoms with E-state index >= 15 is 0 Å². The smallest absolute Gasteiger partial charge is 0.259 e. The van der Waals surface area contributed by atoms with E-state index in [-0.39, 0.29) is 45.7 Å². The first-order valence-corrected chi connectivity index (χ1v) is 13.5. The van der Waals surface area contributed by atoms with Gasteiger partial charge in [0.1, 0.15) is 0 Å². The van der Waals surface area contributed by atoms with Crippen LogP contribution < -0.4 is 11.1 Å². The van der Waals surface area contributed by atoms with Crippen molar-refractivity contribution < 1.29 is 26.8 Å². The number of nitrogens with one attached hydrogen (secondary N) is 1. The highest BCUT2D eigenvalue weighted by atomic mass is 35.5. The lowest BCUT2D eigenvalue weighted by atomic mass is 9.92. The van der Waals surface area contributed by atoms with E-state index in [1.54, 1.807) is 0 Å². The molecule has 2 fully saturated rings. The standard InChI is InChI=1S/C23H24Cl2F2N4O4S/c24-17-7-6-16(12-18(17)25)36(34,35)31-10-9-30(23(33)13-1-8-19(26)20(27)11-13)22(31)21(32)29-15-4-2-14(28)3-5-15/h1,6-8,11-12,14-15,22H,2-5,9-10,28H2,(H,29,32). The zero-order valence-electron chi connectivity index (χ0n) is 19.0. The van der Waals surface area contributed by atoms with Gasteiger partial charge in [-0.3, -0.25) is 9.59 Å². The van der Waals surface area contributed by atoms with Crippen LogP contribution in [0.1, 0.15) is 36.0 Å². The van der Waals surface area contributed by atoms with E-state index in [9.17, 15) is 26.8 Å². The van der Waals surface area contributed by atoms with Crippen LogP contribution in [0.3, 0.4) is 0 Å². The van der Waals surface area contributed by atoms with Crippen LogP contribution in [0, 0.1) is 11.6 Å². The van der Waals surface area contributed by atoms with Crippen LogP contribution >= 0.6 is 23.2 Å². The van der Waals surface area contributed by atoms with Crippen molar-refractivity contribution in [1.29, 1.82) is 0 Å². The second-order valence-electron chi connectivity index (χ2n) is 8.81. The van der Waals surface area contributed by atoms with Gasteiger partial charge in [0.2, 0.25) is 10.0 Å². The Hall–Kier alpha value is -2.31. The van der Waals surface area contributed by atoms with Gasteiger partial charge in [0.15, 0.2) is 17.8 Å². The number of carbonyl (C=O) groups excluding carboxylic acids is 2. The molecule has 2 aromatic carbocycles. The first-order valence-electron chi connectivity index (χ1n) is 11.3. The molecule has 1 unspecified atom stereocenters. The summed E-state index contributed by atoms with van der Waals surface area (Å²) in [7, 11) is -4.30. The summed E-state index contributed by atoms with van der Waals surface area (Å²) in [5.41, 5.74) is 5.72. The fraction of sp³-hybridized carbons (Fsp3) is 0.391. The lowest BCUT2D eigenvalue weighted by molar-refractivity contribution is -0.128. The summed E-state index contributed by atoms with van der Waals surface area (Å²) in [4.78, 5) is 27.5. The summed E-state index contributed by atoms with van der Waals surface area (Å²) in [6.07, 6.45) is 1.05. The van der Waals surface area contributed by atoms with Crippen LogP contribution in [0.25, 0.3) is 0 Å². The predicted octanol–water partition coefficient (Wildman–Crippen LogP) is 3.13. The van der Waals surface area contributed by atoms with Crippen LogP contribution in [0.2, 0.25) is 10.0 Å². The van der Waals surface area contributed by atoms with E-state index in [4.69, 9.17) is 28.9 Å². The molecule has 1 saturated heterocycles. The molecular formula is C23H24Cl2F2N4O4S. The monoisotopic (exact) mass is 560 g/mol. The molecule has 0 spiro atoms. The van der Waals surface area contributed by atoms with Crippen molar-refractivity contribution in [3.05, 3.63) is 63.6 Å². The molecule has 13 heteroatoms. The molecule has 0 bridgehead atoms. The summed E-state index contributed by atoms with van der Waals surface area (Å²) in [6.45, 7) is -0.350. The van der Waals surface area contributed by atoms with Crippen molar-refractivity contribution in [2.45, 2.75) is 48.8 Å². The lowest BCUT2D eigenvalue weighted by Gasteiger charge is -2.32. The van der Waals surface area contributed by atoms with E-state index in [0.717, 1.165) is 27.4 Å². The van der Waals surface area contributed by atoms with Gasteiger partial charge in [-0.2, -0.15) is 4.31 Å². The Bertz CT molecular complexity index is 1290. The molecule has 36 heavy (non-hydrogen) atoms. The average Bonchev–Trinajstić information content (AvgIpc) is 3.30. The summed E-state index contributed by atoms with van der Waals surface area (Å²) >= 11 is 11.9. The largest absolute Gasteiger partial charge is 0.350 e. The summed E-state index contributed by atoms with van der Waals surface area (Å²) in [6, 6.07) is 6.10.